The quantitative estimate of drug-likeness (QED) is 0.750. The Bertz CT molecular complexity index is 320. The molecule has 2 heterocycles. The average Bonchev–Trinajstić information content (AvgIpc) is 2.67. The SMILES string of the molecule is CCC1=CN(Cc2ccccn2)NN1. The van der Waals surface area contributed by atoms with Crippen LogP contribution in [0.4, 0.5) is 0 Å². The molecule has 0 bridgehead atoms. The number of allylic oxidation sites excluding steroid dienone is 1. The van der Waals surface area contributed by atoms with Crippen LogP contribution >= 0.6 is 0 Å². The van der Waals surface area contributed by atoms with E-state index in [0.29, 0.717) is 0 Å². The first-order chi connectivity index (χ1) is 6.88. The molecule has 0 saturated carbocycles. The fourth-order valence-corrected chi connectivity index (χ4v) is 1.33. The highest BCUT2D eigenvalue weighted by molar-refractivity contribution is 5.06. The maximum absolute atomic E-state index is 4.25. The van der Waals surface area contributed by atoms with E-state index in [4.69, 9.17) is 0 Å². The number of rotatable bonds is 3. The zero-order valence-corrected chi connectivity index (χ0v) is 8.20. The summed E-state index contributed by atoms with van der Waals surface area (Å²) in [4.78, 5) is 4.25. The number of nitrogens with zero attached hydrogens (tertiary/aromatic N) is 2. The van der Waals surface area contributed by atoms with Crippen molar-refractivity contribution in [2.45, 2.75) is 19.9 Å². The monoisotopic (exact) mass is 190 g/mol. The molecule has 0 radical (unpaired) electrons. The van der Waals surface area contributed by atoms with E-state index in [1.165, 1.54) is 5.70 Å². The van der Waals surface area contributed by atoms with Crippen molar-refractivity contribution in [3.05, 3.63) is 42.0 Å². The third kappa shape index (κ3) is 2.03. The summed E-state index contributed by atoms with van der Waals surface area (Å²) in [5.74, 6) is 0. The van der Waals surface area contributed by atoms with E-state index in [9.17, 15) is 0 Å². The molecule has 2 rings (SSSR count). The predicted molar refractivity (Wildman–Crippen MR) is 54.4 cm³/mol. The third-order valence-electron chi connectivity index (χ3n) is 2.11. The molecular formula is C10H14N4. The van der Waals surface area contributed by atoms with Gasteiger partial charge in [0.25, 0.3) is 0 Å². The van der Waals surface area contributed by atoms with Crippen LogP contribution in [0.25, 0.3) is 0 Å². The molecule has 0 unspecified atom stereocenters. The van der Waals surface area contributed by atoms with Gasteiger partial charge in [-0.05, 0) is 18.6 Å². The Kier molecular flexibility index (Phi) is 2.65. The van der Waals surface area contributed by atoms with Crippen LogP contribution in [0.1, 0.15) is 19.0 Å². The fraction of sp³-hybridized carbons (Fsp3) is 0.300. The lowest BCUT2D eigenvalue weighted by Gasteiger charge is -2.13. The van der Waals surface area contributed by atoms with Crippen molar-refractivity contribution in [1.29, 1.82) is 0 Å². The summed E-state index contributed by atoms with van der Waals surface area (Å²) in [6.45, 7) is 2.89. The molecule has 1 aliphatic rings. The zero-order chi connectivity index (χ0) is 9.80. The number of hydrazine groups is 2. The van der Waals surface area contributed by atoms with Gasteiger partial charge in [0.2, 0.25) is 0 Å². The van der Waals surface area contributed by atoms with Gasteiger partial charge in [0.15, 0.2) is 0 Å². The van der Waals surface area contributed by atoms with E-state index in [1.54, 1.807) is 0 Å². The molecule has 1 aromatic rings. The van der Waals surface area contributed by atoms with Crippen molar-refractivity contribution in [2.75, 3.05) is 0 Å². The molecule has 1 aromatic heterocycles. The topological polar surface area (TPSA) is 40.2 Å². The molecule has 1 aliphatic heterocycles. The Morgan fingerprint density at radius 3 is 3.00 bits per heavy atom. The number of pyridine rings is 1. The van der Waals surface area contributed by atoms with Crippen LogP contribution < -0.4 is 11.0 Å². The lowest BCUT2D eigenvalue weighted by molar-refractivity contribution is 0.259. The van der Waals surface area contributed by atoms with Crippen LogP contribution in [0.3, 0.4) is 0 Å². The first-order valence-electron chi connectivity index (χ1n) is 4.77. The van der Waals surface area contributed by atoms with Gasteiger partial charge in [-0.25, -0.2) is 0 Å². The van der Waals surface area contributed by atoms with Crippen molar-refractivity contribution < 1.29 is 0 Å². The van der Waals surface area contributed by atoms with Crippen LogP contribution in [0.15, 0.2) is 36.3 Å². The van der Waals surface area contributed by atoms with Gasteiger partial charge in [0, 0.05) is 18.1 Å². The van der Waals surface area contributed by atoms with Gasteiger partial charge in [0.1, 0.15) is 0 Å². The summed E-state index contributed by atoms with van der Waals surface area (Å²) in [6.07, 6.45) is 4.88. The lowest BCUT2D eigenvalue weighted by Crippen LogP contribution is -2.36. The maximum atomic E-state index is 4.25. The average molecular weight is 190 g/mol. The molecule has 0 atom stereocenters. The van der Waals surface area contributed by atoms with E-state index in [1.807, 2.05) is 29.4 Å². The first kappa shape index (κ1) is 9.02. The summed E-state index contributed by atoms with van der Waals surface area (Å²) in [7, 11) is 0. The summed E-state index contributed by atoms with van der Waals surface area (Å²) >= 11 is 0. The first-order valence-corrected chi connectivity index (χ1v) is 4.77. The number of nitrogens with one attached hydrogen (secondary N) is 2. The lowest BCUT2D eigenvalue weighted by atomic mass is 10.3. The van der Waals surface area contributed by atoms with Crippen molar-refractivity contribution >= 4 is 0 Å². The maximum Gasteiger partial charge on any atom is 0.0778 e. The minimum Gasteiger partial charge on any atom is -0.306 e. The van der Waals surface area contributed by atoms with E-state index >= 15 is 0 Å². The van der Waals surface area contributed by atoms with Crippen LogP contribution in [0, 0.1) is 0 Å². The zero-order valence-electron chi connectivity index (χ0n) is 8.20. The molecule has 0 aliphatic carbocycles. The summed E-state index contributed by atoms with van der Waals surface area (Å²) in [5, 5.41) is 1.99. The van der Waals surface area contributed by atoms with Crippen molar-refractivity contribution in [3.63, 3.8) is 0 Å². The molecule has 0 spiro atoms. The number of aromatic nitrogens is 1. The normalized spacial score (nSPS) is 15.2. The highest BCUT2D eigenvalue weighted by Crippen LogP contribution is 2.06. The van der Waals surface area contributed by atoms with Crippen LogP contribution in [0.2, 0.25) is 0 Å². The van der Waals surface area contributed by atoms with Gasteiger partial charge in [-0.3, -0.25) is 9.99 Å². The second-order valence-electron chi connectivity index (χ2n) is 3.19. The molecule has 0 amide bonds. The molecule has 4 nitrogen and oxygen atoms in total. The minimum atomic E-state index is 0.775. The van der Waals surface area contributed by atoms with Crippen LogP contribution in [-0.4, -0.2) is 9.99 Å². The highest BCUT2D eigenvalue weighted by Gasteiger charge is 2.09. The standard InChI is InChI=1S/C10H14N4/c1-2-9-7-14(13-12-9)8-10-5-3-4-6-11-10/h3-7,12-13H,2,8H2,1H3. The van der Waals surface area contributed by atoms with Crippen molar-refractivity contribution in [1.82, 2.24) is 21.0 Å². The molecule has 0 saturated heterocycles. The molecule has 0 aromatic carbocycles. The molecule has 2 N–H and O–H groups in total. The molecule has 74 valence electrons. The Balaban J connectivity index is 1.97. The largest absolute Gasteiger partial charge is 0.306 e. The third-order valence-corrected chi connectivity index (χ3v) is 2.11. The number of hydrogen-bond donors (Lipinski definition) is 2. The van der Waals surface area contributed by atoms with Gasteiger partial charge in [0.05, 0.1) is 12.2 Å². The summed E-state index contributed by atoms with van der Waals surface area (Å²) in [5.41, 5.74) is 8.39. The molecular weight excluding hydrogens is 176 g/mol. The molecule has 14 heavy (non-hydrogen) atoms. The van der Waals surface area contributed by atoms with Gasteiger partial charge in [-0.15, -0.1) is 5.53 Å². The van der Waals surface area contributed by atoms with Crippen LogP contribution in [-0.2, 0) is 6.54 Å². The predicted octanol–water partition coefficient (Wildman–Crippen LogP) is 1.16. The highest BCUT2D eigenvalue weighted by atomic mass is 15.7. The molecule has 0 fully saturated rings. The fourth-order valence-electron chi connectivity index (χ4n) is 1.33. The second-order valence-corrected chi connectivity index (χ2v) is 3.19. The van der Waals surface area contributed by atoms with Gasteiger partial charge in [-0.1, -0.05) is 13.0 Å². The van der Waals surface area contributed by atoms with Crippen LogP contribution in [0.5, 0.6) is 0 Å². The summed E-state index contributed by atoms with van der Waals surface area (Å²) in [6, 6.07) is 5.93. The smallest absolute Gasteiger partial charge is 0.0778 e. The Morgan fingerprint density at radius 2 is 2.36 bits per heavy atom. The Morgan fingerprint density at radius 1 is 1.43 bits per heavy atom. The van der Waals surface area contributed by atoms with Gasteiger partial charge in [-0.2, -0.15) is 0 Å². The van der Waals surface area contributed by atoms with Crippen molar-refractivity contribution in [2.24, 2.45) is 0 Å². The number of hydrogen-bond acceptors (Lipinski definition) is 4. The van der Waals surface area contributed by atoms with E-state index in [2.05, 4.69) is 29.1 Å². The minimum absolute atomic E-state index is 0.775. The Hall–Kier alpha value is -1.55. The summed E-state index contributed by atoms with van der Waals surface area (Å²) < 4.78 is 0. The van der Waals surface area contributed by atoms with E-state index < -0.39 is 0 Å². The van der Waals surface area contributed by atoms with E-state index in [0.717, 1.165) is 18.7 Å². The van der Waals surface area contributed by atoms with Gasteiger partial charge >= 0.3 is 0 Å². The molecule has 4 heteroatoms. The van der Waals surface area contributed by atoms with E-state index in [-0.39, 0.29) is 0 Å². The Labute approximate surface area is 83.6 Å². The van der Waals surface area contributed by atoms with Gasteiger partial charge < -0.3 is 5.43 Å². The van der Waals surface area contributed by atoms with Crippen molar-refractivity contribution in [3.8, 4) is 0 Å². The second kappa shape index (κ2) is 4.11.